The highest BCUT2D eigenvalue weighted by molar-refractivity contribution is 5.81. The van der Waals surface area contributed by atoms with Crippen molar-refractivity contribution in [3.8, 4) is 16.8 Å². The smallest absolute Gasteiger partial charge is 0.255 e. The van der Waals surface area contributed by atoms with E-state index in [2.05, 4.69) is 84.6 Å². The molecule has 0 unspecified atom stereocenters. The van der Waals surface area contributed by atoms with Gasteiger partial charge >= 0.3 is 0 Å². The zero-order valence-electron chi connectivity index (χ0n) is 21.7. The van der Waals surface area contributed by atoms with Gasteiger partial charge in [0, 0.05) is 29.9 Å². The molecule has 0 saturated carbocycles. The quantitative estimate of drug-likeness (QED) is 0.242. The molecule has 0 bridgehead atoms. The summed E-state index contributed by atoms with van der Waals surface area (Å²) in [7, 11) is 2.14. The van der Waals surface area contributed by atoms with Crippen LogP contribution in [-0.4, -0.2) is 39.4 Å². The summed E-state index contributed by atoms with van der Waals surface area (Å²) in [5.74, 6) is 0. The second-order valence-electron chi connectivity index (χ2n) is 9.72. The summed E-state index contributed by atoms with van der Waals surface area (Å²) in [4.78, 5) is 15.3. The largest absolute Gasteiger partial charge is 0.305 e. The first-order valence-electron chi connectivity index (χ1n) is 13.1. The lowest BCUT2D eigenvalue weighted by Gasteiger charge is -2.15. The van der Waals surface area contributed by atoms with E-state index in [4.69, 9.17) is 0 Å². The average molecular weight is 491 g/mol. The SMILES string of the molecule is CCCN(C)CCn1ncc2cc(-n3ccc(CCc4ccc(-c5ccccc5)cc4)cc3=O)ccc21. The number of rotatable bonds is 10. The van der Waals surface area contributed by atoms with Gasteiger partial charge in [0.25, 0.3) is 5.56 Å². The van der Waals surface area contributed by atoms with Gasteiger partial charge in [-0.25, -0.2) is 0 Å². The molecule has 0 spiro atoms. The summed E-state index contributed by atoms with van der Waals surface area (Å²) in [6.07, 6.45) is 6.66. The van der Waals surface area contributed by atoms with Crippen molar-refractivity contribution in [3.63, 3.8) is 0 Å². The number of aryl methyl sites for hydroxylation is 2. The fraction of sp³-hybridized carbons (Fsp3) is 0.250. The predicted molar refractivity (Wildman–Crippen MR) is 152 cm³/mol. The van der Waals surface area contributed by atoms with Crippen molar-refractivity contribution in [2.75, 3.05) is 20.1 Å². The second-order valence-corrected chi connectivity index (χ2v) is 9.72. The van der Waals surface area contributed by atoms with E-state index in [1.165, 1.54) is 16.7 Å². The molecule has 0 N–H and O–H groups in total. The molecule has 0 radical (unpaired) electrons. The van der Waals surface area contributed by atoms with Gasteiger partial charge in [-0.3, -0.25) is 14.0 Å². The number of benzene rings is 3. The first-order chi connectivity index (χ1) is 18.1. The summed E-state index contributed by atoms with van der Waals surface area (Å²) < 4.78 is 3.76. The van der Waals surface area contributed by atoms with Crippen LogP contribution in [0.4, 0.5) is 0 Å². The Balaban J connectivity index is 1.25. The molecule has 5 heteroatoms. The van der Waals surface area contributed by atoms with E-state index in [0.717, 1.165) is 61.1 Å². The Morgan fingerprint density at radius 1 is 0.811 bits per heavy atom. The zero-order chi connectivity index (χ0) is 25.6. The minimum Gasteiger partial charge on any atom is -0.305 e. The second kappa shape index (κ2) is 11.4. The fourth-order valence-electron chi connectivity index (χ4n) is 4.83. The number of hydrogen-bond donors (Lipinski definition) is 0. The summed E-state index contributed by atoms with van der Waals surface area (Å²) >= 11 is 0. The lowest BCUT2D eigenvalue weighted by molar-refractivity contribution is 0.315. The van der Waals surface area contributed by atoms with Crippen molar-refractivity contribution in [2.45, 2.75) is 32.7 Å². The minimum atomic E-state index is -0.00939. The maximum Gasteiger partial charge on any atom is 0.255 e. The van der Waals surface area contributed by atoms with Crippen LogP contribution in [-0.2, 0) is 19.4 Å². The van der Waals surface area contributed by atoms with Gasteiger partial charge in [0.1, 0.15) is 0 Å². The van der Waals surface area contributed by atoms with Gasteiger partial charge in [0.2, 0.25) is 0 Å². The molecular formula is C32H34N4O. The van der Waals surface area contributed by atoms with E-state index in [-0.39, 0.29) is 5.56 Å². The molecule has 0 saturated heterocycles. The third-order valence-electron chi connectivity index (χ3n) is 6.95. The molecule has 2 aromatic heterocycles. The van der Waals surface area contributed by atoms with Crippen molar-refractivity contribution < 1.29 is 0 Å². The lowest BCUT2D eigenvalue weighted by Crippen LogP contribution is -2.24. The molecular weight excluding hydrogens is 456 g/mol. The number of pyridine rings is 1. The molecule has 0 aliphatic carbocycles. The maximum atomic E-state index is 13.0. The molecule has 3 aromatic carbocycles. The van der Waals surface area contributed by atoms with Crippen LogP contribution in [0.5, 0.6) is 0 Å². The number of aromatic nitrogens is 3. The van der Waals surface area contributed by atoms with Gasteiger partial charge in [-0.15, -0.1) is 0 Å². The standard InChI is InChI=1S/C32H34N4O/c1-3-18-34(2)20-21-36-31-16-15-30(23-29(31)24-33-36)35-19-17-26(22-32(35)37)10-9-25-11-13-28(14-12-25)27-7-5-4-6-8-27/h4-8,11-17,19,22-24H,3,9-10,18,20-21H2,1-2H3. The Morgan fingerprint density at radius 2 is 1.57 bits per heavy atom. The number of hydrogen-bond acceptors (Lipinski definition) is 3. The molecule has 5 rings (SSSR count). The van der Waals surface area contributed by atoms with E-state index >= 15 is 0 Å². The molecule has 0 fully saturated rings. The maximum absolute atomic E-state index is 13.0. The van der Waals surface area contributed by atoms with Crippen molar-refractivity contribution in [3.05, 3.63) is 119 Å². The molecule has 0 amide bonds. The van der Waals surface area contributed by atoms with Crippen LogP contribution in [0.2, 0.25) is 0 Å². The molecule has 5 nitrogen and oxygen atoms in total. The summed E-state index contributed by atoms with van der Waals surface area (Å²) in [6.45, 7) is 5.09. The Labute approximate surface area is 218 Å². The highest BCUT2D eigenvalue weighted by atomic mass is 16.1. The zero-order valence-corrected chi connectivity index (χ0v) is 21.7. The third-order valence-corrected chi connectivity index (χ3v) is 6.95. The topological polar surface area (TPSA) is 43.1 Å². The Morgan fingerprint density at radius 3 is 2.32 bits per heavy atom. The van der Waals surface area contributed by atoms with Crippen LogP contribution >= 0.6 is 0 Å². The Bertz CT molecular complexity index is 1520. The van der Waals surface area contributed by atoms with E-state index in [1.807, 2.05) is 35.3 Å². The highest BCUT2D eigenvalue weighted by Crippen LogP contribution is 2.21. The predicted octanol–water partition coefficient (Wildman–Crippen LogP) is 5.98. The first kappa shape index (κ1) is 24.7. The molecule has 0 atom stereocenters. The molecule has 188 valence electrons. The molecule has 2 heterocycles. The van der Waals surface area contributed by atoms with E-state index in [1.54, 1.807) is 10.6 Å². The van der Waals surface area contributed by atoms with E-state index in [0.29, 0.717) is 0 Å². The monoisotopic (exact) mass is 490 g/mol. The van der Waals surface area contributed by atoms with Crippen molar-refractivity contribution >= 4 is 10.9 Å². The molecule has 5 aromatic rings. The first-order valence-corrected chi connectivity index (χ1v) is 13.1. The van der Waals surface area contributed by atoms with E-state index < -0.39 is 0 Å². The fourth-order valence-corrected chi connectivity index (χ4v) is 4.83. The van der Waals surface area contributed by atoms with Gasteiger partial charge in [-0.2, -0.15) is 5.10 Å². The summed E-state index contributed by atoms with van der Waals surface area (Å²) in [5, 5.41) is 5.62. The minimum absolute atomic E-state index is 0.00939. The van der Waals surface area contributed by atoms with E-state index in [9.17, 15) is 4.79 Å². The van der Waals surface area contributed by atoms with Gasteiger partial charge in [0.15, 0.2) is 0 Å². The van der Waals surface area contributed by atoms with Crippen LogP contribution in [0, 0.1) is 0 Å². The summed E-state index contributed by atoms with van der Waals surface area (Å²) in [5.41, 5.74) is 6.72. The van der Waals surface area contributed by atoms with Crippen LogP contribution in [0.1, 0.15) is 24.5 Å². The van der Waals surface area contributed by atoms with Gasteiger partial charge in [0.05, 0.1) is 18.3 Å². The highest BCUT2D eigenvalue weighted by Gasteiger charge is 2.08. The van der Waals surface area contributed by atoms with Gasteiger partial charge in [-0.05, 0) is 79.4 Å². The van der Waals surface area contributed by atoms with Crippen LogP contribution < -0.4 is 5.56 Å². The number of fused-ring (bicyclic) bond motifs is 1. The van der Waals surface area contributed by atoms with Crippen LogP contribution in [0.3, 0.4) is 0 Å². The van der Waals surface area contributed by atoms with Crippen molar-refractivity contribution in [2.24, 2.45) is 0 Å². The Kier molecular flexibility index (Phi) is 7.62. The normalized spacial score (nSPS) is 11.4. The molecule has 37 heavy (non-hydrogen) atoms. The van der Waals surface area contributed by atoms with Gasteiger partial charge in [-0.1, -0.05) is 61.5 Å². The average Bonchev–Trinajstić information content (AvgIpc) is 3.34. The van der Waals surface area contributed by atoms with Crippen LogP contribution in [0.25, 0.3) is 27.7 Å². The molecule has 0 aliphatic heterocycles. The summed E-state index contributed by atoms with van der Waals surface area (Å²) in [6, 6.07) is 29.0. The lowest BCUT2D eigenvalue weighted by atomic mass is 10.0. The van der Waals surface area contributed by atoms with Crippen LogP contribution in [0.15, 0.2) is 102 Å². The molecule has 0 aliphatic rings. The number of nitrogens with zero attached hydrogens (tertiary/aromatic N) is 4. The van der Waals surface area contributed by atoms with Crippen molar-refractivity contribution in [1.82, 2.24) is 19.2 Å². The van der Waals surface area contributed by atoms with Crippen molar-refractivity contribution in [1.29, 1.82) is 0 Å². The third kappa shape index (κ3) is 5.89. The number of likely N-dealkylation sites (N-methyl/N-ethyl adjacent to an activating group) is 1. The van der Waals surface area contributed by atoms with Gasteiger partial charge < -0.3 is 4.90 Å². The Hall–Kier alpha value is -3.96.